The van der Waals surface area contributed by atoms with Crippen molar-refractivity contribution in [3.8, 4) is 17.1 Å². The van der Waals surface area contributed by atoms with Crippen molar-refractivity contribution in [3.05, 3.63) is 76.5 Å². The minimum Gasteiger partial charge on any atom is -0.492 e. The average Bonchev–Trinajstić information content (AvgIpc) is 2.77. The number of carbonyl (C=O) groups is 2. The summed E-state index contributed by atoms with van der Waals surface area (Å²) in [4.78, 5) is 32.4. The SMILES string of the molecule is O=C(CCCOc1ccc(Cl)cc1Cl)NNC(=O)c1cnc(-c2ccccc2)nc1. The van der Waals surface area contributed by atoms with E-state index >= 15 is 0 Å². The molecule has 0 saturated carbocycles. The number of amides is 2. The number of halogens is 2. The second-order valence-electron chi connectivity index (χ2n) is 6.19. The van der Waals surface area contributed by atoms with Crippen molar-refractivity contribution in [2.45, 2.75) is 12.8 Å². The molecule has 1 aromatic heterocycles. The summed E-state index contributed by atoms with van der Waals surface area (Å²) in [6.45, 7) is 0.289. The quantitative estimate of drug-likeness (QED) is 0.423. The first-order chi connectivity index (χ1) is 14.5. The van der Waals surface area contributed by atoms with Crippen molar-refractivity contribution < 1.29 is 14.3 Å². The second kappa shape index (κ2) is 10.6. The van der Waals surface area contributed by atoms with Crippen molar-refractivity contribution in [1.82, 2.24) is 20.8 Å². The molecule has 3 aromatic rings. The molecular weight excluding hydrogens is 427 g/mol. The fourth-order valence-corrected chi connectivity index (χ4v) is 2.91. The third-order valence-corrected chi connectivity index (χ3v) is 4.49. The van der Waals surface area contributed by atoms with Gasteiger partial charge in [-0.15, -0.1) is 0 Å². The van der Waals surface area contributed by atoms with Crippen LogP contribution in [0.4, 0.5) is 0 Å². The van der Waals surface area contributed by atoms with Crippen LogP contribution in [0.2, 0.25) is 10.0 Å². The highest BCUT2D eigenvalue weighted by Gasteiger charge is 2.10. The van der Waals surface area contributed by atoms with E-state index in [0.717, 1.165) is 5.56 Å². The van der Waals surface area contributed by atoms with Gasteiger partial charge in [-0.3, -0.25) is 20.4 Å². The van der Waals surface area contributed by atoms with E-state index in [-0.39, 0.29) is 24.5 Å². The first-order valence-corrected chi connectivity index (χ1v) is 9.83. The van der Waals surface area contributed by atoms with E-state index < -0.39 is 5.91 Å². The predicted octanol–water partition coefficient (Wildman–Crippen LogP) is 4.07. The maximum Gasteiger partial charge on any atom is 0.272 e. The van der Waals surface area contributed by atoms with Gasteiger partial charge in [0.2, 0.25) is 5.91 Å². The van der Waals surface area contributed by atoms with Gasteiger partial charge >= 0.3 is 0 Å². The topological polar surface area (TPSA) is 93.2 Å². The lowest BCUT2D eigenvalue weighted by Crippen LogP contribution is -2.41. The van der Waals surface area contributed by atoms with E-state index in [1.165, 1.54) is 12.4 Å². The van der Waals surface area contributed by atoms with Crippen LogP contribution in [0.1, 0.15) is 23.2 Å². The summed E-state index contributed by atoms with van der Waals surface area (Å²) in [6, 6.07) is 14.3. The van der Waals surface area contributed by atoms with Crippen LogP contribution in [-0.2, 0) is 4.79 Å². The molecule has 0 radical (unpaired) electrons. The molecule has 0 aliphatic rings. The molecule has 0 spiro atoms. The Labute approximate surface area is 183 Å². The molecular formula is C21H18Cl2N4O3. The third kappa shape index (κ3) is 6.17. The third-order valence-electron chi connectivity index (χ3n) is 3.96. The number of aromatic nitrogens is 2. The van der Waals surface area contributed by atoms with Crippen molar-refractivity contribution in [2.75, 3.05) is 6.61 Å². The molecule has 0 aliphatic heterocycles. The Bertz CT molecular complexity index is 1010. The van der Waals surface area contributed by atoms with Gasteiger partial charge in [-0.1, -0.05) is 53.5 Å². The maximum absolute atomic E-state index is 12.1. The average molecular weight is 445 g/mol. The highest BCUT2D eigenvalue weighted by molar-refractivity contribution is 6.35. The number of carbonyl (C=O) groups excluding carboxylic acids is 2. The van der Waals surface area contributed by atoms with Gasteiger partial charge in [-0.2, -0.15) is 0 Å². The zero-order chi connectivity index (χ0) is 21.3. The van der Waals surface area contributed by atoms with Crippen LogP contribution in [0.25, 0.3) is 11.4 Å². The number of rotatable bonds is 7. The monoisotopic (exact) mass is 444 g/mol. The number of nitrogens with one attached hydrogen (secondary N) is 2. The van der Waals surface area contributed by atoms with Gasteiger partial charge in [0, 0.05) is 29.4 Å². The highest BCUT2D eigenvalue weighted by atomic mass is 35.5. The normalized spacial score (nSPS) is 10.3. The maximum atomic E-state index is 12.1. The number of benzene rings is 2. The molecule has 0 fully saturated rings. The van der Waals surface area contributed by atoms with Crippen molar-refractivity contribution in [1.29, 1.82) is 0 Å². The Kier molecular flexibility index (Phi) is 7.59. The van der Waals surface area contributed by atoms with Gasteiger partial charge < -0.3 is 4.74 Å². The van der Waals surface area contributed by atoms with E-state index in [4.69, 9.17) is 27.9 Å². The standard InChI is InChI=1S/C21H18Cl2N4O3/c22-16-8-9-18(17(23)11-16)30-10-4-7-19(28)26-27-21(29)15-12-24-20(25-13-15)14-5-2-1-3-6-14/h1-3,5-6,8-9,11-13H,4,7,10H2,(H,26,28)(H,27,29). The summed E-state index contributed by atoms with van der Waals surface area (Å²) in [5.74, 6) is 0.147. The molecule has 1 heterocycles. The molecule has 3 rings (SSSR count). The highest BCUT2D eigenvalue weighted by Crippen LogP contribution is 2.27. The summed E-state index contributed by atoms with van der Waals surface area (Å²) in [5, 5.41) is 0.919. The zero-order valence-corrected chi connectivity index (χ0v) is 17.3. The van der Waals surface area contributed by atoms with Gasteiger partial charge in [0.1, 0.15) is 5.75 Å². The molecule has 0 aliphatic carbocycles. The molecule has 9 heteroatoms. The predicted molar refractivity (Wildman–Crippen MR) is 114 cm³/mol. The van der Waals surface area contributed by atoms with Crippen LogP contribution in [0.15, 0.2) is 60.9 Å². The molecule has 7 nitrogen and oxygen atoms in total. The van der Waals surface area contributed by atoms with E-state index in [0.29, 0.717) is 28.0 Å². The minimum absolute atomic E-state index is 0.162. The number of nitrogens with zero attached hydrogens (tertiary/aromatic N) is 2. The van der Waals surface area contributed by atoms with Crippen LogP contribution in [-0.4, -0.2) is 28.4 Å². The van der Waals surface area contributed by atoms with E-state index in [9.17, 15) is 9.59 Å². The lowest BCUT2D eigenvalue weighted by molar-refractivity contribution is -0.122. The lowest BCUT2D eigenvalue weighted by Gasteiger charge is -2.09. The first-order valence-electron chi connectivity index (χ1n) is 9.07. The summed E-state index contributed by atoms with van der Waals surface area (Å²) in [6.07, 6.45) is 3.41. The number of hydrogen-bond acceptors (Lipinski definition) is 5. The largest absolute Gasteiger partial charge is 0.492 e. The van der Waals surface area contributed by atoms with Gasteiger partial charge in [-0.25, -0.2) is 9.97 Å². The fraction of sp³-hybridized carbons (Fsp3) is 0.143. The van der Waals surface area contributed by atoms with Gasteiger partial charge in [-0.05, 0) is 24.6 Å². The number of hydrogen-bond donors (Lipinski definition) is 2. The smallest absolute Gasteiger partial charge is 0.272 e. The molecule has 0 atom stereocenters. The van der Waals surface area contributed by atoms with Gasteiger partial charge in [0.15, 0.2) is 5.82 Å². The summed E-state index contributed by atoms with van der Waals surface area (Å²) >= 11 is 11.8. The Hall–Kier alpha value is -3.16. The lowest BCUT2D eigenvalue weighted by atomic mass is 10.2. The first kappa shape index (κ1) is 21.5. The van der Waals surface area contributed by atoms with Crippen LogP contribution in [0.3, 0.4) is 0 Å². The Morgan fingerprint density at radius 1 is 0.967 bits per heavy atom. The van der Waals surface area contributed by atoms with Crippen LogP contribution in [0.5, 0.6) is 5.75 Å². The van der Waals surface area contributed by atoms with E-state index in [1.54, 1.807) is 18.2 Å². The van der Waals surface area contributed by atoms with Crippen LogP contribution >= 0.6 is 23.2 Å². The molecule has 0 saturated heterocycles. The Balaban J connectivity index is 1.39. The second-order valence-corrected chi connectivity index (χ2v) is 7.03. The summed E-state index contributed by atoms with van der Waals surface area (Å²) in [5.41, 5.74) is 5.77. The Morgan fingerprint density at radius 2 is 1.70 bits per heavy atom. The van der Waals surface area contributed by atoms with Crippen molar-refractivity contribution in [3.63, 3.8) is 0 Å². The minimum atomic E-state index is -0.507. The van der Waals surface area contributed by atoms with Crippen LogP contribution in [0, 0.1) is 0 Å². The van der Waals surface area contributed by atoms with E-state index in [1.807, 2.05) is 30.3 Å². The van der Waals surface area contributed by atoms with Gasteiger partial charge in [0.05, 0.1) is 17.2 Å². The van der Waals surface area contributed by atoms with Crippen LogP contribution < -0.4 is 15.6 Å². The molecule has 2 aromatic carbocycles. The van der Waals surface area contributed by atoms with Crippen molar-refractivity contribution >= 4 is 35.0 Å². The molecule has 154 valence electrons. The molecule has 0 unspecified atom stereocenters. The summed E-state index contributed by atoms with van der Waals surface area (Å²) in [7, 11) is 0. The molecule has 2 N–H and O–H groups in total. The van der Waals surface area contributed by atoms with Gasteiger partial charge in [0.25, 0.3) is 5.91 Å². The number of ether oxygens (including phenoxy) is 1. The molecule has 0 bridgehead atoms. The number of hydrazine groups is 1. The van der Waals surface area contributed by atoms with Crippen molar-refractivity contribution in [2.24, 2.45) is 0 Å². The fourth-order valence-electron chi connectivity index (χ4n) is 2.45. The van der Waals surface area contributed by atoms with E-state index in [2.05, 4.69) is 20.8 Å². The molecule has 30 heavy (non-hydrogen) atoms. The zero-order valence-electron chi connectivity index (χ0n) is 15.8. The molecule has 2 amide bonds. The summed E-state index contributed by atoms with van der Waals surface area (Å²) < 4.78 is 5.51. The Morgan fingerprint density at radius 3 is 2.40 bits per heavy atom.